The van der Waals surface area contributed by atoms with E-state index in [0.717, 1.165) is 5.56 Å². The number of rotatable bonds is 5. The van der Waals surface area contributed by atoms with Crippen molar-refractivity contribution in [3.63, 3.8) is 0 Å². The number of carbonyl (C=O) groups is 1. The smallest absolute Gasteiger partial charge is 0.237 e. The van der Waals surface area contributed by atoms with E-state index in [1.807, 2.05) is 27.7 Å². The zero-order valence-electron chi connectivity index (χ0n) is 12.0. The Morgan fingerprint density at radius 3 is 2.05 bits per heavy atom. The minimum atomic E-state index is -0.526. The molecule has 1 amide bonds. The third-order valence-corrected chi connectivity index (χ3v) is 3.21. The van der Waals surface area contributed by atoms with E-state index in [0.29, 0.717) is 0 Å². The number of amides is 1. The first-order chi connectivity index (χ1) is 8.82. The van der Waals surface area contributed by atoms with Crippen LogP contribution in [0, 0.1) is 17.7 Å². The molecule has 1 aromatic rings. The number of halogens is 1. The molecule has 1 unspecified atom stereocenters. The first-order valence-corrected chi connectivity index (χ1v) is 6.64. The molecule has 3 N–H and O–H groups in total. The average molecular weight is 266 g/mol. The average Bonchev–Trinajstić information content (AvgIpc) is 2.35. The number of hydrogen-bond donors (Lipinski definition) is 2. The van der Waals surface area contributed by atoms with Gasteiger partial charge in [-0.3, -0.25) is 4.79 Å². The zero-order valence-corrected chi connectivity index (χ0v) is 12.0. The molecule has 0 aliphatic rings. The molecule has 0 radical (unpaired) electrons. The standard InChI is InChI=1S/C15H23FN2O/c1-9(2)13(17)15(19)18-14(10(3)4)11-5-7-12(16)8-6-11/h5-10,13-14H,17H2,1-4H3,(H,18,19)/t13-,14?/m1/s1. The van der Waals surface area contributed by atoms with Crippen molar-refractivity contribution >= 4 is 5.91 Å². The molecule has 1 aromatic carbocycles. The van der Waals surface area contributed by atoms with Gasteiger partial charge >= 0.3 is 0 Å². The van der Waals surface area contributed by atoms with Crippen molar-refractivity contribution in [2.24, 2.45) is 17.6 Å². The zero-order chi connectivity index (χ0) is 14.6. The van der Waals surface area contributed by atoms with Crippen LogP contribution in [0.1, 0.15) is 39.3 Å². The molecule has 2 atom stereocenters. The van der Waals surface area contributed by atoms with Gasteiger partial charge in [-0.15, -0.1) is 0 Å². The summed E-state index contributed by atoms with van der Waals surface area (Å²) >= 11 is 0. The Bertz CT molecular complexity index is 415. The third-order valence-electron chi connectivity index (χ3n) is 3.21. The van der Waals surface area contributed by atoms with Crippen LogP contribution in [0.2, 0.25) is 0 Å². The maximum absolute atomic E-state index is 12.9. The molecule has 0 saturated carbocycles. The van der Waals surface area contributed by atoms with E-state index >= 15 is 0 Å². The molecule has 1 rings (SSSR count). The Kier molecular flexibility index (Phi) is 5.48. The largest absolute Gasteiger partial charge is 0.348 e. The Balaban J connectivity index is 2.85. The van der Waals surface area contributed by atoms with Crippen LogP contribution in [-0.2, 0) is 4.79 Å². The van der Waals surface area contributed by atoms with Gasteiger partial charge in [0, 0.05) is 0 Å². The number of nitrogens with two attached hydrogens (primary N) is 1. The topological polar surface area (TPSA) is 55.1 Å². The summed E-state index contributed by atoms with van der Waals surface area (Å²) in [6.07, 6.45) is 0. The minimum absolute atomic E-state index is 0.0843. The highest BCUT2D eigenvalue weighted by Gasteiger charge is 2.23. The van der Waals surface area contributed by atoms with Crippen molar-refractivity contribution in [2.75, 3.05) is 0 Å². The fourth-order valence-electron chi connectivity index (χ4n) is 1.86. The quantitative estimate of drug-likeness (QED) is 0.860. The molecule has 106 valence electrons. The van der Waals surface area contributed by atoms with Crippen LogP contribution in [0.3, 0.4) is 0 Å². The summed E-state index contributed by atoms with van der Waals surface area (Å²) in [5.74, 6) is -0.163. The molecule has 4 heteroatoms. The number of benzene rings is 1. The maximum atomic E-state index is 12.9. The fourth-order valence-corrected chi connectivity index (χ4v) is 1.86. The maximum Gasteiger partial charge on any atom is 0.237 e. The van der Waals surface area contributed by atoms with E-state index in [2.05, 4.69) is 5.32 Å². The van der Waals surface area contributed by atoms with Gasteiger partial charge in [0.05, 0.1) is 12.1 Å². The van der Waals surface area contributed by atoms with Crippen LogP contribution in [-0.4, -0.2) is 11.9 Å². The van der Waals surface area contributed by atoms with E-state index in [9.17, 15) is 9.18 Å². The lowest BCUT2D eigenvalue weighted by molar-refractivity contribution is -0.124. The first-order valence-electron chi connectivity index (χ1n) is 6.64. The van der Waals surface area contributed by atoms with Crippen molar-refractivity contribution < 1.29 is 9.18 Å². The summed E-state index contributed by atoms with van der Waals surface area (Å²) in [6, 6.07) is 5.51. The molecular weight excluding hydrogens is 243 g/mol. The van der Waals surface area contributed by atoms with Crippen molar-refractivity contribution in [2.45, 2.75) is 39.8 Å². The van der Waals surface area contributed by atoms with E-state index in [-0.39, 0.29) is 29.6 Å². The van der Waals surface area contributed by atoms with Crippen LogP contribution in [0.15, 0.2) is 24.3 Å². The number of hydrogen-bond acceptors (Lipinski definition) is 2. The van der Waals surface area contributed by atoms with Gasteiger partial charge in [-0.1, -0.05) is 39.8 Å². The van der Waals surface area contributed by atoms with Crippen molar-refractivity contribution in [3.8, 4) is 0 Å². The van der Waals surface area contributed by atoms with Crippen LogP contribution in [0.25, 0.3) is 0 Å². The van der Waals surface area contributed by atoms with Gasteiger partial charge in [-0.05, 0) is 29.5 Å². The Morgan fingerprint density at radius 2 is 1.63 bits per heavy atom. The lowest BCUT2D eigenvalue weighted by Crippen LogP contribution is -2.46. The van der Waals surface area contributed by atoms with Crippen LogP contribution >= 0.6 is 0 Å². The summed E-state index contributed by atoms with van der Waals surface area (Å²) in [6.45, 7) is 7.84. The van der Waals surface area contributed by atoms with Crippen molar-refractivity contribution in [3.05, 3.63) is 35.6 Å². The van der Waals surface area contributed by atoms with Gasteiger partial charge in [0.2, 0.25) is 5.91 Å². The van der Waals surface area contributed by atoms with Gasteiger partial charge in [0.25, 0.3) is 0 Å². The molecule has 19 heavy (non-hydrogen) atoms. The summed E-state index contributed by atoms with van der Waals surface area (Å²) in [5, 5.41) is 2.95. The highest BCUT2D eigenvalue weighted by molar-refractivity contribution is 5.82. The molecule has 0 heterocycles. The highest BCUT2D eigenvalue weighted by atomic mass is 19.1. The predicted molar refractivity (Wildman–Crippen MR) is 74.9 cm³/mol. The summed E-state index contributed by atoms with van der Waals surface area (Å²) in [4.78, 5) is 12.0. The molecule has 0 aliphatic carbocycles. The second kappa shape index (κ2) is 6.66. The molecule has 0 fully saturated rings. The SMILES string of the molecule is CC(C)C(NC(=O)[C@H](N)C(C)C)c1ccc(F)cc1. The van der Waals surface area contributed by atoms with Gasteiger partial charge < -0.3 is 11.1 Å². The predicted octanol–water partition coefficient (Wildman–Crippen LogP) is 2.62. The lowest BCUT2D eigenvalue weighted by Gasteiger charge is -2.25. The van der Waals surface area contributed by atoms with E-state index in [1.165, 1.54) is 12.1 Å². The summed E-state index contributed by atoms with van der Waals surface area (Å²) in [7, 11) is 0. The van der Waals surface area contributed by atoms with E-state index < -0.39 is 6.04 Å². The minimum Gasteiger partial charge on any atom is -0.348 e. The number of carbonyl (C=O) groups excluding carboxylic acids is 1. The van der Waals surface area contributed by atoms with Gasteiger partial charge in [0.1, 0.15) is 5.82 Å². The second-order valence-electron chi connectivity index (χ2n) is 5.55. The normalized spacial score (nSPS) is 14.5. The molecular formula is C15H23FN2O. The van der Waals surface area contributed by atoms with E-state index in [4.69, 9.17) is 5.73 Å². The van der Waals surface area contributed by atoms with Crippen LogP contribution in [0.4, 0.5) is 4.39 Å². The van der Waals surface area contributed by atoms with Crippen molar-refractivity contribution in [1.29, 1.82) is 0 Å². The Labute approximate surface area is 114 Å². The van der Waals surface area contributed by atoms with Crippen LogP contribution < -0.4 is 11.1 Å². The molecule has 0 aromatic heterocycles. The summed E-state index contributed by atoms with van der Waals surface area (Å²) < 4.78 is 12.9. The lowest BCUT2D eigenvalue weighted by atomic mass is 9.95. The highest BCUT2D eigenvalue weighted by Crippen LogP contribution is 2.22. The molecule has 0 saturated heterocycles. The molecule has 0 aliphatic heterocycles. The molecule has 0 spiro atoms. The van der Waals surface area contributed by atoms with E-state index in [1.54, 1.807) is 12.1 Å². The second-order valence-corrected chi connectivity index (χ2v) is 5.55. The molecule has 0 bridgehead atoms. The van der Waals surface area contributed by atoms with Gasteiger partial charge in [-0.25, -0.2) is 4.39 Å². The van der Waals surface area contributed by atoms with Crippen molar-refractivity contribution in [1.82, 2.24) is 5.32 Å². The van der Waals surface area contributed by atoms with Gasteiger partial charge in [0.15, 0.2) is 0 Å². The Morgan fingerprint density at radius 1 is 1.11 bits per heavy atom. The first kappa shape index (κ1) is 15.6. The van der Waals surface area contributed by atoms with Crippen LogP contribution in [0.5, 0.6) is 0 Å². The summed E-state index contributed by atoms with van der Waals surface area (Å²) in [5.41, 5.74) is 6.73. The molecule has 3 nitrogen and oxygen atoms in total. The number of nitrogens with one attached hydrogen (secondary N) is 1. The monoisotopic (exact) mass is 266 g/mol. The fraction of sp³-hybridized carbons (Fsp3) is 0.533. The van der Waals surface area contributed by atoms with Gasteiger partial charge in [-0.2, -0.15) is 0 Å². The Hall–Kier alpha value is -1.42. The third kappa shape index (κ3) is 4.31.